The Morgan fingerprint density at radius 2 is 0.821 bits per heavy atom. The molecule has 2 aromatic heterocycles. The molecule has 56 heavy (non-hydrogen) atoms. The molecule has 0 fully saturated rings. The molecule has 1 spiro atoms. The van der Waals surface area contributed by atoms with Crippen LogP contribution in [0.15, 0.2) is 188 Å². The third-order valence-electron chi connectivity index (χ3n) is 11.8. The summed E-state index contributed by atoms with van der Waals surface area (Å²) in [5, 5.41) is 2.44. The second-order valence-electron chi connectivity index (χ2n) is 14.6. The first-order valence-electron chi connectivity index (χ1n) is 19.0. The molecule has 2 aliphatic rings. The van der Waals surface area contributed by atoms with Crippen molar-refractivity contribution in [2.75, 3.05) is 0 Å². The summed E-state index contributed by atoms with van der Waals surface area (Å²) in [6.07, 6.45) is 0. The first-order valence-corrected chi connectivity index (χ1v) is 19.8. The second kappa shape index (κ2) is 12.0. The van der Waals surface area contributed by atoms with Gasteiger partial charge in [0.2, 0.25) is 0 Å². The summed E-state index contributed by atoms with van der Waals surface area (Å²) in [4.78, 5) is 15.7. The van der Waals surface area contributed by atoms with E-state index in [1.165, 1.54) is 64.7 Å². The molecule has 2 heterocycles. The van der Waals surface area contributed by atoms with Crippen LogP contribution in [0.25, 0.3) is 87.7 Å². The van der Waals surface area contributed by atoms with Gasteiger partial charge >= 0.3 is 0 Å². The van der Waals surface area contributed by atoms with E-state index in [0.717, 1.165) is 27.8 Å². The van der Waals surface area contributed by atoms with Gasteiger partial charge in [0.15, 0.2) is 17.5 Å². The molecule has 0 amide bonds. The molecule has 8 aromatic carbocycles. The lowest BCUT2D eigenvalue weighted by Crippen LogP contribution is -2.25. The fraction of sp³-hybridized carbons (Fsp3) is 0.0192. The summed E-state index contributed by atoms with van der Waals surface area (Å²) in [5.41, 5.74) is 15.2. The Bertz CT molecular complexity index is 3080. The molecular formula is C52H31N3S. The maximum Gasteiger partial charge on any atom is 0.166 e. The molecular weight excluding hydrogens is 699 g/mol. The van der Waals surface area contributed by atoms with Gasteiger partial charge in [-0.15, -0.1) is 11.3 Å². The zero-order valence-electron chi connectivity index (χ0n) is 30.1. The van der Waals surface area contributed by atoms with Gasteiger partial charge in [0.05, 0.1) is 5.41 Å². The van der Waals surface area contributed by atoms with Crippen LogP contribution in [-0.4, -0.2) is 15.0 Å². The fourth-order valence-electron chi connectivity index (χ4n) is 9.43. The summed E-state index contributed by atoms with van der Waals surface area (Å²) >= 11 is 1.81. The van der Waals surface area contributed by atoms with Crippen molar-refractivity contribution >= 4 is 31.5 Å². The van der Waals surface area contributed by atoms with Crippen molar-refractivity contribution in [3.8, 4) is 67.5 Å². The van der Waals surface area contributed by atoms with Crippen LogP contribution < -0.4 is 0 Å². The minimum absolute atomic E-state index is 0.439. The molecule has 4 heteroatoms. The van der Waals surface area contributed by atoms with Crippen LogP contribution in [0.3, 0.4) is 0 Å². The Kier molecular flexibility index (Phi) is 6.72. The van der Waals surface area contributed by atoms with Crippen LogP contribution in [0.5, 0.6) is 0 Å². The number of thiophene rings is 1. The van der Waals surface area contributed by atoms with Crippen LogP contribution in [0.2, 0.25) is 0 Å². The topological polar surface area (TPSA) is 38.7 Å². The summed E-state index contributed by atoms with van der Waals surface area (Å²) < 4.78 is 2.41. The maximum absolute atomic E-state index is 5.33. The first kappa shape index (κ1) is 31.4. The van der Waals surface area contributed by atoms with E-state index in [-0.39, 0.29) is 0 Å². The van der Waals surface area contributed by atoms with Gasteiger partial charge in [0.1, 0.15) is 0 Å². The number of hydrogen-bond donors (Lipinski definition) is 0. The third-order valence-corrected chi connectivity index (χ3v) is 13.0. The number of nitrogens with zero attached hydrogens (tertiary/aromatic N) is 3. The SMILES string of the molecule is c1ccc(-c2nc(-c3ccccc3)nc(-c3c(-c4ccc5c(c4)C4(c6ccccc6-c6ccccc64)c4ccccc4-5)ccc4c3sc3ccccc34)n2)cc1. The summed E-state index contributed by atoms with van der Waals surface area (Å²) in [6.45, 7) is 0. The number of rotatable bonds is 4. The molecule has 12 rings (SSSR count). The molecule has 0 saturated carbocycles. The molecule has 0 saturated heterocycles. The van der Waals surface area contributed by atoms with E-state index in [2.05, 4.69) is 152 Å². The predicted molar refractivity (Wildman–Crippen MR) is 231 cm³/mol. The van der Waals surface area contributed by atoms with Crippen molar-refractivity contribution in [1.82, 2.24) is 15.0 Å². The van der Waals surface area contributed by atoms with Crippen molar-refractivity contribution in [3.05, 3.63) is 210 Å². The average Bonchev–Trinajstić information content (AvgIpc) is 3.90. The quantitative estimate of drug-likeness (QED) is 0.181. The molecule has 2 aliphatic carbocycles. The lowest BCUT2D eigenvalue weighted by Gasteiger charge is -2.30. The molecule has 0 N–H and O–H groups in total. The molecule has 0 atom stereocenters. The van der Waals surface area contributed by atoms with Gasteiger partial charge in [-0.2, -0.15) is 0 Å². The van der Waals surface area contributed by atoms with Gasteiger partial charge in [-0.25, -0.2) is 15.0 Å². The van der Waals surface area contributed by atoms with Gasteiger partial charge in [-0.3, -0.25) is 0 Å². The fourth-order valence-corrected chi connectivity index (χ4v) is 10.7. The normalized spacial score (nSPS) is 13.1. The predicted octanol–water partition coefficient (Wildman–Crippen LogP) is 13.3. The lowest BCUT2D eigenvalue weighted by molar-refractivity contribution is 0.794. The monoisotopic (exact) mass is 729 g/mol. The van der Waals surface area contributed by atoms with Gasteiger partial charge in [-0.1, -0.05) is 176 Å². The number of hydrogen-bond acceptors (Lipinski definition) is 4. The van der Waals surface area contributed by atoms with Gasteiger partial charge in [-0.05, 0) is 67.8 Å². The summed E-state index contributed by atoms with van der Waals surface area (Å²) in [6, 6.07) is 67.9. The van der Waals surface area contributed by atoms with E-state index < -0.39 is 5.41 Å². The van der Waals surface area contributed by atoms with E-state index >= 15 is 0 Å². The van der Waals surface area contributed by atoms with E-state index in [1.54, 1.807) is 0 Å². The van der Waals surface area contributed by atoms with Crippen molar-refractivity contribution in [2.24, 2.45) is 0 Å². The van der Waals surface area contributed by atoms with Crippen LogP contribution >= 0.6 is 11.3 Å². The zero-order chi connectivity index (χ0) is 36.8. The Balaban J connectivity index is 1.17. The van der Waals surface area contributed by atoms with E-state index in [0.29, 0.717) is 17.5 Å². The largest absolute Gasteiger partial charge is 0.208 e. The summed E-state index contributed by atoms with van der Waals surface area (Å²) in [5.74, 6) is 1.97. The van der Waals surface area contributed by atoms with Gasteiger partial charge < -0.3 is 0 Å². The maximum atomic E-state index is 5.33. The number of fused-ring (bicyclic) bond motifs is 13. The van der Waals surface area contributed by atoms with Crippen LogP contribution in [-0.2, 0) is 5.41 Å². The van der Waals surface area contributed by atoms with E-state index in [1.807, 2.05) is 47.7 Å². The highest BCUT2D eigenvalue weighted by atomic mass is 32.1. The second-order valence-corrected chi connectivity index (χ2v) is 15.7. The standard InChI is InChI=1S/C52H31N3S/c1-3-15-32(16-4-1)49-53-50(33-17-5-2-6-18-33)55-51(54-49)47-35(29-30-41-40-22-10-14-26-46(40)56-48(41)47)34-27-28-39-38-21-9-13-25-44(38)52(45(39)31-34)42-23-11-7-19-36(42)37-20-8-12-24-43(37)52/h1-31H. The molecule has 0 unspecified atom stereocenters. The molecule has 0 radical (unpaired) electrons. The van der Waals surface area contributed by atoms with Crippen LogP contribution in [0.4, 0.5) is 0 Å². The highest BCUT2D eigenvalue weighted by Crippen LogP contribution is 2.63. The third kappa shape index (κ3) is 4.36. The smallest absolute Gasteiger partial charge is 0.166 e. The summed E-state index contributed by atoms with van der Waals surface area (Å²) in [7, 11) is 0. The Hall–Kier alpha value is -7.01. The van der Waals surface area contributed by atoms with Gasteiger partial charge in [0.25, 0.3) is 0 Å². The van der Waals surface area contributed by atoms with Crippen LogP contribution in [0.1, 0.15) is 22.3 Å². The van der Waals surface area contributed by atoms with Crippen molar-refractivity contribution in [2.45, 2.75) is 5.41 Å². The molecule has 0 bridgehead atoms. The first-order chi connectivity index (χ1) is 27.8. The van der Waals surface area contributed by atoms with E-state index in [9.17, 15) is 0 Å². The highest BCUT2D eigenvalue weighted by Gasteiger charge is 2.51. The Labute approximate surface area is 328 Å². The van der Waals surface area contributed by atoms with Crippen molar-refractivity contribution < 1.29 is 0 Å². The molecule has 3 nitrogen and oxygen atoms in total. The molecule has 0 aliphatic heterocycles. The molecule has 260 valence electrons. The van der Waals surface area contributed by atoms with E-state index in [4.69, 9.17) is 15.0 Å². The number of aromatic nitrogens is 3. The number of benzene rings is 8. The minimum Gasteiger partial charge on any atom is -0.208 e. The Morgan fingerprint density at radius 1 is 0.339 bits per heavy atom. The van der Waals surface area contributed by atoms with Crippen molar-refractivity contribution in [3.63, 3.8) is 0 Å². The minimum atomic E-state index is -0.439. The zero-order valence-corrected chi connectivity index (χ0v) is 31.0. The average molecular weight is 730 g/mol. The van der Waals surface area contributed by atoms with Crippen molar-refractivity contribution in [1.29, 1.82) is 0 Å². The highest BCUT2D eigenvalue weighted by molar-refractivity contribution is 7.26. The Morgan fingerprint density at radius 3 is 1.43 bits per heavy atom. The van der Waals surface area contributed by atoms with Gasteiger partial charge in [0, 0.05) is 36.9 Å². The van der Waals surface area contributed by atoms with Crippen LogP contribution in [0, 0.1) is 0 Å². The molecule has 10 aromatic rings. The lowest BCUT2D eigenvalue weighted by atomic mass is 9.70.